The van der Waals surface area contributed by atoms with E-state index in [1.54, 1.807) is 13.0 Å². The van der Waals surface area contributed by atoms with E-state index in [1.165, 1.54) is 6.21 Å². The summed E-state index contributed by atoms with van der Waals surface area (Å²) < 4.78 is 5.27. The van der Waals surface area contributed by atoms with Gasteiger partial charge in [-0.1, -0.05) is 0 Å². The van der Waals surface area contributed by atoms with E-state index in [0.717, 1.165) is 5.76 Å². The lowest BCUT2D eigenvalue weighted by molar-refractivity contribution is 0.528. The van der Waals surface area contributed by atoms with Crippen LogP contribution in [0.4, 0.5) is 5.95 Å². The topological polar surface area (TPSA) is 96.2 Å². The van der Waals surface area contributed by atoms with E-state index >= 15 is 0 Å². The molecule has 0 spiro atoms. The molecule has 0 atom stereocenters. The lowest BCUT2D eigenvalue weighted by Crippen LogP contribution is -2.15. The molecule has 0 saturated heterocycles. The van der Waals surface area contributed by atoms with Gasteiger partial charge in [0.1, 0.15) is 17.2 Å². The predicted octanol–water partition coefficient (Wildman–Crippen LogP) is 0.821. The molecule has 0 fully saturated rings. The van der Waals surface area contributed by atoms with Crippen molar-refractivity contribution in [3.63, 3.8) is 0 Å². The zero-order chi connectivity index (χ0) is 12.3. The third-order valence-corrected chi connectivity index (χ3v) is 1.98. The van der Waals surface area contributed by atoms with Crippen LogP contribution >= 0.6 is 0 Å². The van der Waals surface area contributed by atoms with Gasteiger partial charge in [-0.05, 0) is 26.0 Å². The fourth-order valence-electron chi connectivity index (χ4n) is 1.12. The maximum Gasteiger partial charge on any atom is 0.274 e. The maximum atomic E-state index is 11.2. The van der Waals surface area contributed by atoms with Gasteiger partial charge >= 0.3 is 0 Å². The number of aromatic amines is 1. The van der Waals surface area contributed by atoms with Crippen LogP contribution in [0, 0.1) is 13.8 Å². The lowest BCUT2D eigenvalue weighted by atomic mass is 10.4. The first-order valence-corrected chi connectivity index (χ1v) is 4.94. The number of H-pyrrole nitrogens is 1. The van der Waals surface area contributed by atoms with Crippen molar-refractivity contribution in [2.45, 2.75) is 13.8 Å². The Morgan fingerprint density at radius 1 is 1.41 bits per heavy atom. The average Bonchev–Trinajstić information content (AvgIpc) is 2.70. The monoisotopic (exact) mass is 233 g/mol. The van der Waals surface area contributed by atoms with Crippen LogP contribution in [0.25, 0.3) is 0 Å². The van der Waals surface area contributed by atoms with E-state index in [1.807, 2.05) is 13.0 Å². The lowest BCUT2D eigenvalue weighted by Gasteiger charge is -1.96. The van der Waals surface area contributed by atoms with Crippen molar-refractivity contribution in [3.05, 3.63) is 39.7 Å². The SMILES string of the molecule is Cc1ccc(/C=N/Nc2nnc(C)c(=O)[nH]2)o1. The van der Waals surface area contributed by atoms with Crippen LogP contribution in [-0.4, -0.2) is 21.4 Å². The number of hydrogen-bond acceptors (Lipinski definition) is 6. The summed E-state index contributed by atoms with van der Waals surface area (Å²) >= 11 is 0. The first-order valence-electron chi connectivity index (χ1n) is 4.94. The maximum absolute atomic E-state index is 11.2. The molecule has 2 rings (SSSR count). The van der Waals surface area contributed by atoms with Gasteiger partial charge in [-0.3, -0.25) is 9.78 Å². The smallest absolute Gasteiger partial charge is 0.274 e. The summed E-state index contributed by atoms with van der Waals surface area (Å²) in [6.07, 6.45) is 1.48. The largest absolute Gasteiger partial charge is 0.460 e. The molecule has 2 N–H and O–H groups in total. The molecule has 0 aromatic carbocycles. The third-order valence-electron chi connectivity index (χ3n) is 1.98. The number of anilines is 1. The van der Waals surface area contributed by atoms with Gasteiger partial charge in [-0.25, -0.2) is 5.43 Å². The molecule has 0 radical (unpaired) electrons. The molecule has 0 bridgehead atoms. The molecule has 2 aromatic rings. The molecular weight excluding hydrogens is 222 g/mol. The molecule has 2 heterocycles. The summed E-state index contributed by atoms with van der Waals surface area (Å²) in [7, 11) is 0. The number of hydrazone groups is 1. The predicted molar refractivity (Wildman–Crippen MR) is 62.1 cm³/mol. The van der Waals surface area contributed by atoms with Crippen molar-refractivity contribution in [2.24, 2.45) is 5.10 Å². The van der Waals surface area contributed by atoms with Gasteiger partial charge in [-0.2, -0.15) is 5.10 Å². The highest BCUT2D eigenvalue weighted by Gasteiger charge is 1.98. The van der Waals surface area contributed by atoms with E-state index in [4.69, 9.17) is 4.42 Å². The Hall–Kier alpha value is -2.44. The van der Waals surface area contributed by atoms with Crippen molar-refractivity contribution >= 4 is 12.2 Å². The number of hydrogen-bond donors (Lipinski definition) is 2. The zero-order valence-electron chi connectivity index (χ0n) is 9.39. The Morgan fingerprint density at radius 2 is 2.24 bits per heavy atom. The molecule has 0 unspecified atom stereocenters. The van der Waals surface area contributed by atoms with Gasteiger partial charge in [0.05, 0.1) is 6.21 Å². The third kappa shape index (κ3) is 2.77. The van der Waals surface area contributed by atoms with Crippen molar-refractivity contribution in [1.29, 1.82) is 0 Å². The minimum absolute atomic E-state index is 0.181. The Kier molecular flexibility index (Phi) is 2.99. The van der Waals surface area contributed by atoms with E-state index in [2.05, 4.69) is 25.7 Å². The molecule has 0 amide bonds. The molecule has 7 nitrogen and oxygen atoms in total. The highest BCUT2D eigenvalue weighted by molar-refractivity contribution is 5.76. The Labute approximate surface area is 96.6 Å². The summed E-state index contributed by atoms with van der Waals surface area (Å²) in [5, 5.41) is 11.2. The normalized spacial score (nSPS) is 10.9. The summed E-state index contributed by atoms with van der Waals surface area (Å²) in [5.74, 6) is 1.59. The fourth-order valence-corrected chi connectivity index (χ4v) is 1.12. The number of aromatic nitrogens is 3. The van der Waals surface area contributed by atoms with Gasteiger partial charge in [0.25, 0.3) is 5.56 Å². The molecule has 17 heavy (non-hydrogen) atoms. The van der Waals surface area contributed by atoms with E-state index < -0.39 is 0 Å². The van der Waals surface area contributed by atoms with Crippen molar-refractivity contribution < 1.29 is 4.42 Å². The summed E-state index contributed by atoms with van der Waals surface area (Å²) in [6.45, 7) is 3.41. The van der Waals surface area contributed by atoms with Crippen LogP contribution in [0.1, 0.15) is 17.2 Å². The van der Waals surface area contributed by atoms with Gasteiger partial charge in [0.15, 0.2) is 0 Å². The zero-order valence-corrected chi connectivity index (χ0v) is 9.39. The average molecular weight is 233 g/mol. The minimum atomic E-state index is -0.299. The molecule has 7 heteroatoms. The van der Waals surface area contributed by atoms with Crippen molar-refractivity contribution in [2.75, 3.05) is 5.43 Å². The van der Waals surface area contributed by atoms with Crippen LogP contribution < -0.4 is 11.0 Å². The van der Waals surface area contributed by atoms with Gasteiger partial charge in [0, 0.05) is 0 Å². The van der Waals surface area contributed by atoms with Crippen molar-refractivity contribution in [3.8, 4) is 0 Å². The Morgan fingerprint density at radius 3 is 2.88 bits per heavy atom. The molecule has 0 aliphatic rings. The van der Waals surface area contributed by atoms with Gasteiger partial charge < -0.3 is 4.42 Å². The number of nitrogens with zero attached hydrogens (tertiary/aromatic N) is 3. The minimum Gasteiger partial charge on any atom is -0.460 e. The number of rotatable bonds is 3. The van der Waals surface area contributed by atoms with E-state index in [0.29, 0.717) is 11.5 Å². The van der Waals surface area contributed by atoms with Gasteiger partial charge in [0.2, 0.25) is 5.95 Å². The molecule has 0 aliphatic carbocycles. The molecule has 0 aliphatic heterocycles. The second-order valence-electron chi connectivity index (χ2n) is 3.41. The van der Waals surface area contributed by atoms with E-state index in [9.17, 15) is 4.79 Å². The highest BCUT2D eigenvalue weighted by atomic mass is 16.3. The van der Waals surface area contributed by atoms with Crippen LogP contribution in [0.3, 0.4) is 0 Å². The quantitative estimate of drug-likeness (QED) is 0.604. The second-order valence-corrected chi connectivity index (χ2v) is 3.41. The fraction of sp³-hybridized carbons (Fsp3) is 0.200. The summed E-state index contributed by atoms with van der Waals surface area (Å²) in [4.78, 5) is 13.7. The van der Waals surface area contributed by atoms with Crippen LogP contribution in [-0.2, 0) is 0 Å². The van der Waals surface area contributed by atoms with Crippen LogP contribution in [0.2, 0.25) is 0 Å². The molecule has 2 aromatic heterocycles. The summed E-state index contributed by atoms with van der Waals surface area (Å²) in [5.41, 5.74) is 2.56. The summed E-state index contributed by atoms with van der Waals surface area (Å²) in [6, 6.07) is 3.61. The first kappa shape index (κ1) is 11.1. The number of nitrogens with one attached hydrogen (secondary N) is 2. The molecule has 0 saturated carbocycles. The standard InChI is InChI=1S/C10H11N5O2/c1-6-3-4-8(17-6)5-11-14-10-12-9(16)7(2)13-15-10/h3-5H,1-2H3,(H2,12,14,15,16)/b11-5+. The highest BCUT2D eigenvalue weighted by Crippen LogP contribution is 2.03. The van der Waals surface area contributed by atoms with Crippen LogP contribution in [0.15, 0.2) is 26.4 Å². The van der Waals surface area contributed by atoms with Crippen LogP contribution in [0.5, 0.6) is 0 Å². The second kappa shape index (κ2) is 4.60. The van der Waals surface area contributed by atoms with Gasteiger partial charge in [-0.15, -0.1) is 10.2 Å². The Balaban J connectivity index is 2.04. The first-order chi connectivity index (χ1) is 8.15. The molecular formula is C10H11N5O2. The number of aryl methyl sites for hydroxylation is 2. The van der Waals surface area contributed by atoms with E-state index in [-0.39, 0.29) is 11.5 Å². The Bertz CT molecular complexity index is 599. The van der Waals surface area contributed by atoms with Crippen molar-refractivity contribution in [1.82, 2.24) is 15.2 Å². The number of furan rings is 1. The molecule has 88 valence electrons.